The second kappa shape index (κ2) is 5.57. The smallest absolute Gasteiger partial charge is 0.319 e. The molecular weight excluding hydrogens is 216 g/mol. The molecule has 0 aromatic heterocycles. The van der Waals surface area contributed by atoms with Gasteiger partial charge in [0.25, 0.3) is 0 Å². The van der Waals surface area contributed by atoms with Crippen LogP contribution in [0, 0.1) is 0 Å². The molecular formula is C13H18N2O2. The zero-order valence-corrected chi connectivity index (χ0v) is 10.1. The Morgan fingerprint density at radius 1 is 1.47 bits per heavy atom. The van der Waals surface area contributed by atoms with E-state index in [1.165, 1.54) is 5.56 Å². The summed E-state index contributed by atoms with van der Waals surface area (Å²) in [5.74, 6) is 0.824. The van der Waals surface area contributed by atoms with Gasteiger partial charge in [0.2, 0.25) is 0 Å². The van der Waals surface area contributed by atoms with Crippen molar-refractivity contribution in [1.29, 1.82) is 0 Å². The monoisotopic (exact) mass is 234 g/mol. The van der Waals surface area contributed by atoms with Crippen LogP contribution < -0.4 is 15.4 Å². The topological polar surface area (TPSA) is 50.4 Å². The fourth-order valence-electron chi connectivity index (χ4n) is 1.89. The van der Waals surface area contributed by atoms with Crippen LogP contribution in [-0.2, 0) is 6.42 Å². The van der Waals surface area contributed by atoms with Gasteiger partial charge in [-0.15, -0.1) is 0 Å². The van der Waals surface area contributed by atoms with Gasteiger partial charge in [0.15, 0.2) is 0 Å². The molecule has 2 N–H and O–H groups in total. The molecule has 0 fully saturated rings. The molecule has 4 heteroatoms. The molecule has 0 atom stereocenters. The second-order valence-electron chi connectivity index (χ2n) is 4.13. The van der Waals surface area contributed by atoms with Gasteiger partial charge in [-0.3, -0.25) is 0 Å². The number of anilines is 1. The lowest BCUT2D eigenvalue weighted by molar-refractivity contribution is 0.251. The Kier molecular flexibility index (Phi) is 3.85. The van der Waals surface area contributed by atoms with Gasteiger partial charge in [-0.2, -0.15) is 0 Å². The highest BCUT2D eigenvalue weighted by molar-refractivity contribution is 5.91. The minimum atomic E-state index is -0.172. The number of urea groups is 1. The fraction of sp³-hybridized carbons (Fsp3) is 0.462. The van der Waals surface area contributed by atoms with E-state index < -0.39 is 0 Å². The van der Waals surface area contributed by atoms with Crippen molar-refractivity contribution in [3.05, 3.63) is 23.8 Å². The number of para-hydroxylation sites is 1. The van der Waals surface area contributed by atoms with Crippen molar-refractivity contribution in [3.63, 3.8) is 0 Å². The number of hydrogen-bond acceptors (Lipinski definition) is 2. The molecule has 1 aliphatic rings. The fourth-order valence-corrected chi connectivity index (χ4v) is 1.89. The number of fused-ring (bicyclic) bond motifs is 1. The maximum Gasteiger partial charge on any atom is 0.319 e. The number of rotatable bonds is 3. The largest absolute Gasteiger partial charge is 0.491 e. The van der Waals surface area contributed by atoms with Crippen LogP contribution in [0.25, 0.3) is 0 Å². The zero-order valence-electron chi connectivity index (χ0n) is 10.1. The number of benzene rings is 1. The quantitative estimate of drug-likeness (QED) is 0.844. The molecule has 92 valence electrons. The number of carbonyl (C=O) groups excluding carboxylic acids is 1. The van der Waals surface area contributed by atoms with E-state index in [4.69, 9.17) is 4.74 Å². The standard InChI is InChI=1S/C13H18N2O2/c1-2-8-14-13(16)15-11-7-3-5-10-6-4-9-17-12(10)11/h3,5,7H,2,4,6,8-9H2,1H3,(H2,14,15,16). The molecule has 1 aromatic carbocycles. The normalized spacial score (nSPS) is 13.5. The predicted molar refractivity (Wildman–Crippen MR) is 67.6 cm³/mol. The van der Waals surface area contributed by atoms with E-state index in [0.717, 1.165) is 37.3 Å². The molecule has 0 unspecified atom stereocenters. The summed E-state index contributed by atoms with van der Waals surface area (Å²) < 4.78 is 5.62. The van der Waals surface area contributed by atoms with E-state index in [0.29, 0.717) is 6.54 Å². The summed E-state index contributed by atoms with van der Waals surface area (Å²) in [6.45, 7) is 3.43. The van der Waals surface area contributed by atoms with Gasteiger partial charge < -0.3 is 15.4 Å². The summed E-state index contributed by atoms with van der Waals surface area (Å²) in [6, 6.07) is 5.69. The average molecular weight is 234 g/mol. The van der Waals surface area contributed by atoms with E-state index in [-0.39, 0.29) is 6.03 Å². The molecule has 0 radical (unpaired) electrons. The highest BCUT2D eigenvalue weighted by atomic mass is 16.5. The van der Waals surface area contributed by atoms with E-state index >= 15 is 0 Å². The van der Waals surface area contributed by atoms with E-state index in [9.17, 15) is 4.79 Å². The first-order chi connectivity index (χ1) is 8.31. The molecule has 0 aliphatic carbocycles. The third-order valence-corrected chi connectivity index (χ3v) is 2.72. The van der Waals surface area contributed by atoms with Crippen molar-refractivity contribution < 1.29 is 9.53 Å². The Bertz CT molecular complexity index is 404. The first-order valence-corrected chi connectivity index (χ1v) is 6.11. The molecule has 0 saturated carbocycles. The maximum absolute atomic E-state index is 11.6. The summed E-state index contributed by atoms with van der Waals surface area (Å²) >= 11 is 0. The first-order valence-electron chi connectivity index (χ1n) is 6.11. The first kappa shape index (κ1) is 11.8. The third-order valence-electron chi connectivity index (χ3n) is 2.72. The third kappa shape index (κ3) is 2.90. The summed E-state index contributed by atoms with van der Waals surface area (Å²) in [5, 5.41) is 5.61. The summed E-state index contributed by atoms with van der Waals surface area (Å²) in [7, 11) is 0. The van der Waals surface area contributed by atoms with E-state index in [1.807, 2.05) is 25.1 Å². The van der Waals surface area contributed by atoms with Crippen LogP contribution in [-0.4, -0.2) is 19.2 Å². The molecule has 1 aromatic rings. The van der Waals surface area contributed by atoms with Crippen molar-refractivity contribution in [3.8, 4) is 5.75 Å². The number of ether oxygens (including phenoxy) is 1. The minimum absolute atomic E-state index is 0.172. The van der Waals surface area contributed by atoms with Crippen LogP contribution in [0.2, 0.25) is 0 Å². The van der Waals surface area contributed by atoms with Crippen LogP contribution >= 0.6 is 0 Å². The zero-order chi connectivity index (χ0) is 12.1. The van der Waals surface area contributed by atoms with Crippen molar-refractivity contribution in [2.24, 2.45) is 0 Å². The summed E-state index contributed by atoms with van der Waals surface area (Å²) in [5.41, 5.74) is 1.93. The predicted octanol–water partition coefficient (Wildman–Crippen LogP) is 2.54. The minimum Gasteiger partial charge on any atom is -0.491 e. The number of carbonyl (C=O) groups is 1. The van der Waals surface area contributed by atoms with Crippen molar-refractivity contribution >= 4 is 11.7 Å². The average Bonchev–Trinajstić information content (AvgIpc) is 2.37. The van der Waals surface area contributed by atoms with Crippen molar-refractivity contribution in [1.82, 2.24) is 5.32 Å². The van der Waals surface area contributed by atoms with Gasteiger partial charge in [0.1, 0.15) is 5.75 Å². The van der Waals surface area contributed by atoms with Gasteiger partial charge in [0, 0.05) is 6.54 Å². The van der Waals surface area contributed by atoms with Crippen LogP contribution in [0.4, 0.5) is 10.5 Å². The number of nitrogens with one attached hydrogen (secondary N) is 2. The van der Waals surface area contributed by atoms with E-state index in [2.05, 4.69) is 10.6 Å². The molecule has 2 rings (SSSR count). The van der Waals surface area contributed by atoms with Crippen LogP contribution in [0.5, 0.6) is 5.75 Å². The molecule has 2 amide bonds. The van der Waals surface area contributed by atoms with Crippen LogP contribution in [0.3, 0.4) is 0 Å². The van der Waals surface area contributed by atoms with Crippen LogP contribution in [0.1, 0.15) is 25.3 Å². The van der Waals surface area contributed by atoms with Gasteiger partial charge in [-0.1, -0.05) is 19.1 Å². The molecule has 1 aliphatic heterocycles. The lowest BCUT2D eigenvalue weighted by Crippen LogP contribution is -2.29. The molecule has 0 spiro atoms. The number of amides is 2. The number of hydrogen-bond donors (Lipinski definition) is 2. The van der Waals surface area contributed by atoms with Crippen molar-refractivity contribution in [2.75, 3.05) is 18.5 Å². The van der Waals surface area contributed by atoms with Crippen molar-refractivity contribution in [2.45, 2.75) is 26.2 Å². The Hall–Kier alpha value is -1.71. The van der Waals surface area contributed by atoms with Crippen LogP contribution in [0.15, 0.2) is 18.2 Å². The Labute approximate surface area is 101 Å². The molecule has 1 heterocycles. The highest BCUT2D eigenvalue weighted by Crippen LogP contribution is 2.32. The van der Waals surface area contributed by atoms with E-state index in [1.54, 1.807) is 0 Å². The lowest BCUT2D eigenvalue weighted by atomic mass is 10.1. The van der Waals surface area contributed by atoms with Gasteiger partial charge in [-0.25, -0.2) is 4.79 Å². The molecule has 4 nitrogen and oxygen atoms in total. The second-order valence-corrected chi connectivity index (χ2v) is 4.13. The SMILES string of the molecule is CCCNC(=O)Nc1cccc2c1OCCC2. The molecule has 0 saturated heterocycles. The molecule has 0 bridgehead atoms. The summed E-state index contributed by atoms with van der Waals surface area (Å²) in [4.78, 5) is 11.6. The Morgan fingerprint density at radius 3 is 3.18 bits per heavy atom. The molecule has 17 heavy (non-hydrogen) atoms. The van der Waals surface area contributed by atoms with Gasteiger partial charge >= 0.3 is 6.03 Å². The van der Waals surface area contributed by atoms with Gasteiger partial charge in [0.05, 0.1) is 12.3 Å². The summed E-state index contributed by atoms with van der Waals surface area (Å²) in [6.07, 6.45) is 2.98. The number of aryl methyl sites for hydroxylation is 1. The highest BCUT2D eigenvalue weighted by Gasteiger charge is 2.15. The maximum atomic E-state index is 11.6. The Balaban J connectivity index is 2.08. The Morgan fingerprint density at radius 2 is 2.35 bits per heavy atom. The lowest BCUT2D eigenvalue weighted by Gasteiger charge is -2.20. The van der Waals surface area contributed by atoms with Gasteiger partial charge in [-0.05, 0) is 30.9 Å².